The zero-order chi connectivity index (χ0) is 19.5. The fraction of sp³-hybridized carbons (Fsp3) is 0.238. The first-order valence-electron chi connectivity index (χ1n) is 9.11. The Hall–Kier alpha value is -3.48. The summed E-state index contributed by atoms with van der Waals surface area (Å²) >= 11 is 0. The second-order valence-corrected chi connectivity index (χ2v) is 6.76. The molecule has 0 spiro atoms. The van der Waals surface area contributed by atoms with E-state index in [1.807, 2.05) is 6.07 Å². The van der Waals surface area contributed by atoms with Crippen molar-refractivity contribution in [1.29, 1.82) is 0 Å². The molecule has 1 aromatic heterocycles. The molecule has 0 radical (unpaired) electrons. The fourth-order valence-electron chi connectivity index (χ4n) is 2.93. The zero-order valence-electron chi connectivity index (χ0n) is 15.1. The van der Waals surface area contributed by atoms with Crippen LogP contribution in [0.1, 0.15) is 24.5 Å². The van der Waals surface area contributed by atoms with Gasteiger partial charge in [-0.3, -0.25) is 19.0 Å². The van der Waals surface area contributed by atoms with E-state index in [1.54, 1.807) is 48.5 Å². The molecular formula is C21H19N3O4. The normalized spacial score (nSPS) is 14.4. The number of hydrogen-bond acceptors (Lipinski definition) is 5. The zero-order valence-corrected chi connectivity index (χ0v) is 15.1. The summed E-state index contributed by atoms with van der Waals surface area (Å²) in [6.45, 7) is -0.323. The molecule has 1 amide bonds. The van der Waals surface area contributed by atoms with E-state index in [-0.39, 0.29) is 24.1 Å². The molecule has 4 rings (SSSR count). The summed E-state index contributed by atoms with van der Waals surface area (Å²) in [5.74, 6) is -1.04. The van der Waals surface area contributed by atoms with Gasteiger partial charge in [-0.1, -0.05) is 42.5 Å². The van der Waals surface area contributed by atoms with Crippen LogP contribution >= 0.6 is 0 Å². The molecule has 7 nitrogen and oxygen atoms in total. The van der Waals surface area contributed by atoms with Crippen molar-refractivity contribution in [3.8, 4) is 0 Å². The van der Waals surface area contributed by atoms with E-state index in [0.717, 1.165) is 12.8 Å². The van der Waals surface area contributed by atoms with Crippen LogP contribution in [-0.2, 0) is 20.9 Å². The lowest BCUT2D eigenvalue weighted by atomic mass is 10.1. The smallest absolute Gasteiger partial charge is 0.327 e. The van der Waals surface area contributed by atoms with E-state index in [1.165, 1.54) is 10.9 Å². The van der Waals surface area contributed by atoms with Crippen molar-refractivity contribution in [2.75, 3.05) is 0 Å². The molecule has 3 aromatic rings. The van der Waals surface area contributed by atoms with Gasteiger partial charge in [-0.05, 0) is 25.0 Å². The third kappa shape index (κ3) is 3.93. The van der Waals surface area contributed by atoms with Gasteiger partial charge >= 0.3 is 5.97 Å². The summed E-state index contributed by atoms with van der Waals surface area (Å²) in [7, 11) is 0. The first-order chi connectivity index (χ1) is 13.6. The lowest BCUT2D eigenvalue weighted by Crippen LogP contribution is -2.35. The Balaban J connectivity index is 1.53. The fourth-order valence-corrected chi connectivity index (χ4v) is 2.93. The number of carbonyl (C=O) groups excluding carboxylic acids is 2. The summed E-state index contributed by atoms with van der Waals surface area (Å²) in [5, 5.41) is 3.28. The molecular weight excluding hydrogens is 358 g/mol. The van der Waals surface area contributed by atoms with Gasteiger partial charge in [0.15, 0.2) is 0 Å². The minimum Gasteiger partial charge on any atom is -0.446 e. The molecule has 0 aliphatic heterocycles. The molecule has 0 saturated heterocycles. The number of rotatable bonds is 6. The predicted octanol–water partition coefficient (Wildman–Crippen LogP) is 1.96. The number of nitrogens with one attached hydrogen (secondary N) is 1. The monoisotopic (exact) mass is 377 g/mol. The van der Waals surface area contributed by atoms with Crippen molar-refractivity contribution >= 4 is 22.8 Å². The first-order valence-corrected chi connectivity index (χ1v) is 9.11. The Bertz CT molecular complexity index is 1070. The van der Waals surface area contributed by atoms with Crippen LogP contribution < -0.4 is 10.9 Å². The average Bonchev–Trinajstić information content (AvgIpc) is 3.53. The van der Waals surface area contributed by atoms with Gasteiger partial charge in [-0.15, -0.1) is 0 Å². The lowest BCUT2D eigenvalue weighted by Gasteiger charge is -2.18. The molecule has 1 heterocycles. The van der Waals surface area contributed by atoms with Crippen molar-refractivity contribution in [1.82, 2.24) is 14.9 Å². The van der Waals surface area contributed by atoms with E-state index in [9.17, 15) is 14.4 Å². The van der Waals surface area contributed by atoms with Crippen molar-refractivity contribution < 1.29 is 14.3 Å². The average molecular weight is 377 g/mol. The van der Waals surface area contributed by atoms with Crippen LogP contribution in [0.4, 0.5) is 0 Å². The third-order valence-electron chi connectivity index (χ3n) is 4.54. The van der Waals surface area contributed by atoms with Crippen LogP contribution in [-0.4, -0.2) is 27.5 Å². The Kier molecular flexibility index (Phi) is 4.89. The lowest BCUT2D eigenvalue weighted by molar-refractivity contribution is -0.157. The Morgan fingerprint density at radius 2 is 1.82 bits per heavy atom. The number of carbonyl (C=O) groups is 2. The summed E-state index contributed by atoms with van der Waals surface area (Å²) in [4.78, 5) is 41.8. The quantitative estimate of drug-likeness (QED) is 0.663. The highest BCUT2D eigenvalue weighted by atomic mass is 16.5. The molecule has 1 aliphatic carbocycles. The van der Waals surface area contributed by atoms with Gasteiger partial charge in [0.05, 0.1) is 17.2 Å². The van der Waals surface area contributed by atoms with E-state index >= 15 is 0 Å². The van der Waals surface area contributed by atoms with Gasteiger partial charge in [0, 0.05) is 11.6 Å². The van der Waals surface area contributed by atoms with E-state index in [4.69, 9.17) is 4.74 Å². The van der Waals surface area contributed by atoms with Crippen molar-refractivity contribution in [2.45, 2.75) is 31.5 Å². The molecule has 1 fully saturated rings. The maximum atomic E-state index is 12.6. The molecule has 1 aliphatic rings. The highest BCUT2D eigenvalue weighted by Crippen LogP contribution is 2.23. The topological polar surface area (TPSA) is 90.3 Å². The van der Waals surface area contributed by atoms with Gasteiger partial charge < -0.3 is 10.1 Å². The Morgan fingerprint density at radius 1 is 1.11 bits per heavy atom. The SMILES string of the molecule is O=C(Cn1cnc2ccccc2c1=O)O[C@H](C(=O)NC1CC1)c1ccccc1. The summed E-state index contributed by atoms with van der Waals surface area (Å²) < 4.78 is 6.65. The van der Waals surface area contributed by atoms with Crippen molar-refractivity contribution in [2.24, 2.45) is 0 Å². The molecule has 2 aromatic carbocycles. The van der Waals surface area contributed by atoms with Crippen molar-refractivity contribution in [3.63, 3.8) is 0 Å². The Morgan fingerprint density at radius 3 is 2.57 bits per heavy atom. The summed E-state index contributed by atoms with van der Waals surface area (Å²) in [6, 6.07) is 15.9. The largest absolute Gasteiger partial charge is 0.446 e. The van der Waals surface area contributed by atoms with Crippen LogP contribution in [0, 0.1) is 0 Å². The van der Waals surface area contributed by atoms with Gasteiger partial charge in [0.2, 0.25) is 6.10 Å². The van der Waals surface area contributed by atoms with Crippen LogP contribution in [0.5, 0.6) is 0 Å². The number of esters is 1. The number of aromatic nitrogens is 2. The van der Waals surface area contributed by atoms with E-state index in [0.29, 0.717) is 16.5 Å². The molecule has 0 bridgehead atoms. The highest BCUT2D eigenvalue weighted by Gasteiger charge is 2.30. The molecule has 1 saturated carbocycles. The van der Waals surface area contributed by atoms with E-state index < -0.39 is 12.1 Å². The number of amides is 1. The maximum absolute atomic E-state index is 12.6. The van der Waals surface area contributed by atoms with Gasteiger partial charge in [-0.25, -0.2) is 4.98 Å². The number of ether oxygens (including phenoxy) is 1. The van der Waals surface area contributed by atoms with Crippen LogP contribution in [0.15, 0.2) is 65.7 Å². The molecule has 28 heavy (non-hydrogen) atoms. The van der Waals surface area contributed by atoms with Gasteiger partial charge in [0.25, 0.3) is 11.5 Å². The summed E-state index contributed by atoms with van der Waals surface area (Å²) in [6.07, 6.45) is 2.12. The number of fused-ring (bicyclic) bond motifs is 1. The number of benzene rings is 2. The second-order valence-electron chi connectivity index (χ2n) is 6.76. The number of para-hydroxylation sites is 1. The van der Waals surface area contributed by atoms with Crippen LogP contribution in [0.25, 0.3) is 10.9 Å². The standard InChI is InChI=1S/C21H19N3O4/c25-18(12-24-13-22-17-9-5-4-8-16(17)21(24)27)28-19(14-6-2-1-3-7-14)20(26)23-15-10-11-15/h1-9,13,15,19H,10-12H2,(H,23,26)/t19-/m0/s1. The molecule has 1 N–H and O–H groups in total. The Labute approximate surface area is 161 Å². The van der Waals surface area contributed by atoms with Crippen molar-refractivity contribution in [3.05, 3.63) is 76.8 Å². The second kappa shape index (κ2) is 7.64. The number of nitrogens with zero attached hydrogens (tertiary/aromatic N) is 2. The van der Waals surface area contributed by atoms with Crippen LogP contribution in [0.2, 0.25) is 0 Å². The van der Waals surface area contributed by atoms with E-state index in [2.05, 4.69) is 10.3 Å². The molecule has 1 atom stereocenters. The molecule has 7 heteroatoms. The summed E-state index contributed by atoms with van der Waals surface area (Å²) in [5.41, 5.74) is 0.808. The predicted molar refractivity (Wildman–Crippen MR) is 102 cm³/mol. The van der Waals surface area contributed by atoms with Gasteiger partial charge in [-0.2, -0.15) is 0 Å². The minimum absolute atomic E-state index is 0.143. The maximum Gasteiger partial charge on any atom is 0.327 e. The van der Waals surface area contributed by atoms with Crippen LogP contribution in [0.3, 0.4) is 0 Å². The highest BCUT2D eigenvalue weighted by molar-refractivity contribution is 5.85. The minimum atomic E-state index is -1.06. The van der Waals surface area contributed by atoms with Gasteiger partial charge in [0.1, 0.15) is 6.54 Å². The third-order valence-corrected chi connectivity index (χ3v) is 4.54. The first kappa shape index (κ1) is 17.9. The molecule has 142 valence electrons. The molecule has 0 unspecified atom stereocenters. The number of hydrogen-bond donors (Lipinski definition) is 1.